The van der Waals surface area contributed by atoms with Gasteiger partial charge in [-0.25, -0.2) is 0 Å². The number of nitrogens with one attached hydrogen (secondary N) is 1. The fraction of sp³-hybridized carbons (Fsp3) is 0.562. The number of ketones is 1. The average Bonchev–Trinajstić information content (AvgIpc) is 2.70. The monoisotopic (exact) mass is 245 g/mol. The third-order valence-electron chi connectivity index (χ3n) is 3.57. The molecule has 0 radical (unpaired) electrons. The molecule has 1 N–H and O–H groups in total. The molecule has 1 heterocycles. The first kappa shape index (κ1) is 13.1. The van der Waals surface area contributed by atoms with Crippen LogP contribution in [0.25, 0.3) is 0 Å². The van der Waals surface area contributed by atoms with E-state index in [0.717, 1.165) is 25.1 Å². The zero-order valence-electron chi connectivity index (χ0n) is 11.6. The standard InChI is InChI=1S/C16H23NO/c1-16(2,3)10-6-9-15(18)13-11-17-14-8-5-4-7-12(13)14/h4-5,7-8,13,17H,6,9-11H2,1-3H3. The third kappa shape index (κ3) is 3.12. The van der Waals surface area contributed by atoms with Gasteiger partial charge in [0, 0.05) is 18.7 Å². The van der Waals surface area contributed by atoms with Crippen molar-refractivity contribution in [3.8, 4) is 0 Å². The molecule has 18 heavy (non-hydrogen) atoms. The summed E-state index contributed by atoms with van der Waals surface area (Å²) in [7, 11) is 0. The van der Waals surface area contributed by atoms with Crippen molar-refractivity contribution in [3.05, 3.63) is 29.8 Å². The van der Waals surface area contributed by atoms with Crippen molar-refractivity contribution < 1.29 is 4.79 Å². The average molecular weight is 245 g/mol. The van der Waals surface area contributed by atoms with Crippen LogP contribution in [0.15, 0.2) is 24.3 Å². The molecule has 1 aromatic carbocycles. The normalized spacial score (nSPS) is 18.3. The number of hydrogen-bond donors (Lipinski definition) is 1. The van der Waals surface area contributed by atoms with Crippen molar-refractivity contribution in [3.63, 3.8) is 0 Å². The molecule has 0 saturated carbocycles. The summed E-state index contributed by atoms with van der Waals surface area (Å²) in [5.74, 6) is 0.456. The lowest BCUT2D eigenvalue weighted by atomic mass is 9.87. The largest absolute Gasteiger partial charge is 0.384 e. The Bertz CT molecular complexity index is 431. The van der Waals surface area contributed by atoms with E-state index in [1.807, 2.05) is 12.1 Å². The molecule has 2 nitrogen and oxygen atoms in total. The lowest BCUT2D eigenvalue weighted by Gasteiger charge is -2.18. The van der Waals surface area contributed by atoms with Crippen molar-refractivity contribution in [2.75, 3.05) is 11.9 Å². The summed E-state index contributed by atoms with van der Waals surface area (Å²) >= 11 is 0. The van der Waals surface area contributed by atoms with Gasteiger partial charge in [-0.1, -0.05) is 39.0 Å². The van der Waals surface area contributed by atoms with Gasteiger partial charge in [-0.15, -0.1) is 0 Å². The molecule has 0 fully saturated rings. The van der Waals surface area contributed by atoms with Crippen molar-refractivity contribution in [2.45, 2.75) is 46.0 Å². The Balaban J connectivity index is 1.92. The molecule has 2 heteroatoms. The Morgan fingerprint density at radius 2 is 2.06 bits per heavy atom. The van der Waals surface area contributed by atoms with Crippen LogP contribution in [0.3, 0.4) is 0 Å². The molecule has 1 atom stereocenters. The summed E-state index contributed by atoms with van der Waals surface area (Å²) in [4.78, 5) is 12.3. The topological polar surface area (TPSA) is 29.1 Å². The van der Waals surface area contributed by atoms with Gasteiger partial charge in [0.2, 0.25) is 0 Å². The minimum atomic E-state index is 0.0705. The highest BCUT2D eigenvalue weighted by Crippen LogP contribution is 2.33. The van der Waals surface area contributed by atoms with Crippen molar-refractivity contribution in [1.82, 2.24) is 0 Å². The van der Waals surface area contributed by atoms with Gasteiger partial charge in [0.25, 0.3) is 0 Å². The molecule has 98 valence electrons. The summed E-state index contributed by atoms with van der Waals surface area (Å²) in [5, 5.41) is 3.32. The highest BCUT2D eigenvalue weighted by molar-refractivity contribution is 5.89. The summed E-state index contributed by atoms with van der Waals surface area (Å²) < 4.78 is 0. The number of rotatable bonds is 4. The number of carbonyl (C=O) groups is 1. The molecular weight excluding hydrogens is 222 g/mol. The van der Waals surface area contributed by atoms with Gasteiger partial charge in [0.1, 0.15) is 5.78 Å². The Morgan fingerprint density at radius 3 is 2.78 bits per heavy atom. The lowest BCUT2D eigenvalue weighted by Crippen LogP contribution is -2.15. The molecule has 0 aliphatic carbocycles. The van der Waals surface area contributed by atoms with Crippen LogP contribution in [-0.4, -0.2) is 12.3 Å². The van der Waals surface area contributed by atoms with Gasteiger partial charge in [-0.05, 0) is 29.9 Å². The van der Waals surface area contributed by atoms with Crippen LogP contribution in [0.5, 0.6) is 0 Å². The van der Waals surface area contributed by atoms with E-state index >= 15 is 0 Å². The quantitative estimate of drug-likeness (QED) is 0.869. The van der Waals surface area contributed by atoms with Crippen LogP contribution < -0.4 is 5.32 Å². The number of Topliss-reactive ketones (excluding diaryl/α,β-unsaturated/α-hetero) is 1. The first-order chi connectivity index (χ1) is 8.47. The lowest BCUT2D eigenvalue weighted by molar-refractivity contribution is -0.120. The Kier molecular flexibility index (Phi) is 3.74. The molecule has 0 saturated heterocycles. The van der Waals surface area contributed by atoms with Crippen molar-refractivity contribution in [1.29, 1.82) is 0 Å². The Labute approximate surface area is 110 Å². The number of carbonyl (C=O) groups excluding carboxylic acids is 1. The smallest absolute Gasteiger partial charge is 0.142 e. The zero-order valence-corrected chi connectivity index (χ0v) is 11.6. The second-order valence-corrected chi connectivity index (χ2v) is 6.40. The van der Waals surface area contributed by atoms with Crippen LogP contribution in [0.4, 0.5) is 5.69 Å². The predicted octanol–water partition coefficient (Wildman–Crippen LogP) is 3.98. The van der Waals surface area contributed by atoms with Gasteiger partial charge >= 0.3 is 0 Å². The minimum Gasteiger partial charge on any atom is -0.384 e. The van der Waals surface area contributed by atoms with E-state index in [0.29, 0.717) is 17.6 Å². The molecule has 0 bridgehead atoms. The predicted molar refractivity (Wildman–Crippen MR) is 76.0 cm³/mol. The van der Waals surface area contributed by atoms with Crippen LogP contribution in [0, 0.1) is 5.41 Å². The zero-order chi connectivity index (χ0) is 13.2. The number of fused-ring (bicyclic) bond motifs is 1. The molecule has 1 unspecified atom stereocenters. The van der Waals surface area contributed by atoms with Gasteiger partial charge in [0.15, 0.2) is 0 Å². The molecule has 0 aromatic heterocycles. The molecule has 1 aliphatic heterocycles. The number of para-hydroxylation sites is 1. The van der Waals surface area contributed by atoms with Crippen LogP contribution in [0.2, 0.25) is 0 Å². The summed E-state index contributed by atoms with van der Waals surface area (Å²) in [6.45, 7) is 7.45. The van der Waals surface area contributed by atoms with Crippen molar-refractivity contribution >= 4 is 11.5 Å². The number of anilines is 1. The first-order valence-electron chi connectivity index (χ1n) is 6.83. The second kappa shape index (κ2) is 5.13. The number of benzene rings is 1. The van der Waals surface area contributed by atoms with Crippen LogP contribution in [-0.2, 0) is 4.79 Å². The van der Waals surface area contributed by atoms with E-state index in [-0.39, 0.29) is 5.92 Å². The van der Waals surface area contributed by atoms with Gasteiger partial charge < -0.3 is 5.32 Å². The van der Waals surface area contributed by atoms with E-state index in [1.165, 1.54) is 5.56 Å². The summed E-state index contributed by atoms with van der Waals surface area (Å²) in [6, 6.07) is 8.15. The van der Waals surface area contributed by atoms with Crippen LogP contribution in [0.1, 0.15) is 51.5 Å². The molecular formula is C16H23NO. The highest BCUT2D eigenvalue weighted by atomic mass is 16.1. The molecule has 2 rings (SSSR count). The molecule has 1 aliphatic rings. The Morgan fingerprint density at radius 1 is 1.33 bits per heavy atom. The molecule has 0 amide bonds. The van der Waals surface area contributed by atoms with Gasteiger partial charge in [-0.3, -0.25) is 4.79 Å². The SMILES string of the molecule is CC(C)(C)CCCC(=O)C1CNc2ccccc21. The van der Waals surface area contributed by atoms with E-state index < -0.39 is 0 Å². The van der Waals surface area contributed by atoms with E-state index in [1.54, 1.807) is 0 Å². The van der Waals surface area contributed by atoms with E-state index in [9.17, 15) is 4.79 Å². The molecule has 1 aromatic rings. The maximum Gasteiger partial charge on any atom is 0.142 e. The first-order valence-corrected chi connectivity index (χ1v) is 6.83. The maximum absolute atomic E-state index is 12.3. The highest BCUT2D eigenvalue weighted by Gasteiger charge is 2.27. The fourth-order valence-corrected chi connectivity index (χ4v) is 2.54. The van der Waals surface area contributed by atoms with Crippen molar-refractivity contribution in [2.24, 2.45) is 5.41 Å². The third-order valence-corrected chi connectivity index (χ3v) is 3.57. The van der Waals surface area contributed by atoms with Gasteiger partial charge in [-0.2, -0.15) is 0 Å². The molecule has 0 spiro atoms. The number of hydrogen-bond acceptors (Lipinski definition) is 2. The maximum atomic E-state index is 12.3. The fourth-order valence-electron chi connectivity index (χ4n) is 2.54. The Hall–Kier alpha value is -1.31. The second-order valence-electron chi connectivity index (χ2n) is 6.40. The van der Waals surface area contributed by atoms with Gasteiger partial charge in [0.05, 0.1) is 5.92 Å². The summed E-state index contributed by atoms with van der Waals surface area (Å²) in [6.07, 6.45) is 2.82. The summed E-state index contributed by atoms with van der Waals surface area (Å²) in [5.41, 5.74) is 2.64. The van der Waals surface area contributed by atoms with E-state index in [4.69, 9.17) is 0 Å². The minimum absolute atomic E-state index is 0.0705. The van der Waals surface area contributed by atoms with Crippen LogP contribution >= 0.6 is 0 Å². The van der Waals surface area contributed by atoms with E-state index in [2.05, 4.69) is 38.2 Å².